The van der Waals surface area contributed by atoms with Crippen molar-refractivity contribution in [3.05, 3.63) is 17.6 Å². The van der Waals surface area contributed by atoms with Gasteiger partial charge < -0.3 is 10.2 Å². The molecule has 0 aliphatic heterocycles. The molecule has 1 rings (SSSR count). The molecule has 0 aliphatic carbocycles. The zero-order chi connectivity index (χ0) is 9.35. The van der Waals surface area contributed by atoms with Crippen molar-refractivity contribution in [1.82, 2.24) is 0 Å². The van der Waals surface area contributed by atoms with Crippen LogP contribution in [-0.2, 0) is 16.6 Å². The summed E-state index contributed by atoms with van der Waals surface area (Å²) in [5.74, 6) is 0.689. The van der Waals surface area contributed by atoms with Gasteiger partial charge in [-0.05, 0) is 6.92 Å². The van der Waals surface area contributed by atoms with Crippen LogP contribution in [0.15, 0.2) is 15.4 Å². The number of hydrogen-bond acceptors (Lipinski definition) is 4. The number of rotatable bonds is 2. The van der Waals surface area contributed by atoms with Crippen LogP contribution >= 0.6 is 0 Å². The molecule has 12 heavy (non-hydrogen) atoms. The second kappa shape index (κ2) is 2.89. The van der Waals surface area contributed by atoms with Crippen LogP contribution < -0.4 is 10.9 Å². The van der Waals surface area contributed by atoms with E-state index >= 15 is 0 Å². The zero-order valence-electron chi connectivity index (χ0n) is 6.57. The first-order valence-corrected chi connectivity index (χ1v) is 4.82. The molecule has 4 N–H and O–H groups in total. The highest BCUT2D eigenvalue weighted by atomic mass is 32.2. The second-order valence-electron chi connectivity index (χ2n) is 2.38. The van der Waals surface area contributed by atoms with Crippen LogP contribution in [0.25, 0.3) is 0 Å². The molecule has 68 valence electrons. The number of primary sulfonamides is 1. The van der Waals surface area contributed by atoms with Gasteiger partial charge in [-0.3, -0.25) is 0 Å². The van der Waals surface area contributed by atoms with Gasteiger partial charge in [0.1, 0.15) is 16.4 Å². The Morgan fingerprint density at radius 1 is 1.58 bits per heavy atom. The van der Waals surface area contributed by atoms with E-state index in [1.54, 1.807) is 0 Å². The summed E-state index contributed by atoms with van der Waals surface area (Å²) in [6.07, 6.45) is 0. The molecule has 1 heterocycles. The number of furan rings is 1. The second-order valence-corrected chi connectivity index (χ2v) is 3.91. The normalized spacial score (nSPS) is 11.9. The molecule has 0 fully saturated rings. The largest absolute Gasteiger partial charge is 0.464 e. The van der Waals surface area contributed by atoms with Gasteiger partial charge >= 0.3 is 0 Å². The minimum atomic E-state index is -3.67. The smallest absolute Gasteiger partial charge is 0.241 e. The fourth-order valence-electron chi connectivity index (χ4n) is 0.907. The SMILES string of the molecule is Cc1oc(CN)cc1S(N)(=O)=O. The van der Waals surface area contributed by atoms with E-state index in [1.165, 1.54) is 13.0 Å². The van der Waals surface area contributed by atoms with Crippen LogP contribution in [0, 0.1) is 6.92 Å². The minimum absolute atomic E-state index is 0.00273. The third-order valence-corrected chi connectivity index (χ3v) is 2.45. The summed E-state index contributed by atoms with van der Waals surface area (Å²) < 4.78 is 26.7. The van der Waals surface area contributed by atoms with Crippen LogP contribution in [0.5, 0.6) is 0 Å². The monoisotopic (exact) mass is 190 g/mol. The molecule has 0 amide bonds. The molecule has 0 aromatic carbocycles. The van der Waals surface area contributed by atoms with E-state index in [0.29, 0.717) is 5.76 Å². The van der Waals surface area contributed by atoms with E-state index in [9.17, 15) is 8.42 Å². The molecule has 1 aromatic heterocycles. The number of hydrogen-bond donors (Lipinski definition) is 2. The summed E-state index contributed by atoms with van der Waals surface area (Å²) in [6.45, 7) is 1.69. The van der Waals surface area contributed by atoms with Crippen LogP contribution in [0.1, 0.15) is 11.5 Å². The Kier molecular flexibility index (Phi) is 2.22. The van der Waals surface area contributed by atoms with E-state index < -0.39 is 10.0 Å². The Hall–Kier alpha value is -0.850. The van der Waals surface area contributed by atoms with Gasteiger partial charge in [-0.25, -0.2) is 13.6 Å². The molecule has 6 heteroatoms. The Labute approximate surface area is 70.4 Å². The lowest BCUT2D eigenvalue weighted by atomic mass is 10.4. The van der Waals surface area contributed by atoms with Gasteiger partial charge in [0, 0.05) is 6.07 Å². The number of sulfonamides is 1. The molecule has 0 spiro atoms. The predicted octanol–water partition coefficient (Wildman–Crippen LogP) is -0.306. The lowest BCUT2D eigenvalue weighted by Crippen LogP contribution is -2.12. The van der Waals surface area contributed by atoms with Crippen molar-refractivity contribution in [3.63, 3.8) is 0 Å². The molecule has 0 saturated carbocycles. The van der Waals surface area contributed by atoms with Crippen molar-refractivity contribution in [2.24, 2.45) is 10.9 Å². The summed E-state index contributed by atoms with van der Waals surface area (Å²) in [4.78, 5) is 0.00273. The maximum Gasteiger partial charge on any atom is 0.241 e. The van der Waals surface area contributed by atoms with E-state index in [1.807, 2.05) is 0 Å². The lowest BCUT2D eigenvalue weighted by molar-refractivity contribution is 0.479. The Bertz CT molecular complexity index is 379. The molecule has 0 aliphatic rings. The van der Waals surface area contributed by atoms with Gasteiger partial charge in [0.2, 0.25) is 10.0 Å². The lowest BCUT2D eigenvalue weighted by Gasteiger charge is -1.90. The van der Waals surface area contributed by atoms with Gasteiger partial charge in [-0.2, -0.15) is 0 Å². The maximum atomic E-state index is 10.9. The number of nitrogens with two attached hydrogens (primary N) is 2. The summed E-state index contributed by atoms with van der Waals surface area (Å²) >= 11 is 0. The standard InChI is InChI=1S/C6H10N2O3S/c1-4-6(12(8,9)10)2-5(3-7)11-4/h2H,3,7H2,1H3,(H2,8,9,10). The van der Waals surface area contributed by atoms with Crippen molar-refractivity contribution < 1.29 is 12.8 Å². The quantitative estimate of drug-likeness (QED) is 0.668. The summed E-state index contributed by atoms with van der Waals surface area (Å²) in [7, 11) is -3.67. The Morgan fingerprint density at radius 3 is 2.42 bits per heavy atom. The molecule has 0 saturated heterocycles. The van der Waals surface area contributed by atoms with Crippen LogP contribution in [0.3, 0.4) is 0 Å². The van der Waals surface area contributed by atoms with Crippen molar-refractivity contribution in [2.45, 2.75) is 18.4 Å². The van der Waals surface area contributed by atoms with Gasteiger partial charge in [-0.1, -0.05) is 0 Å². The van der Waals surface area contributed by atoms with E-state index in [4.69, 9.17) is 15.3 Å². The highest BCUT2D eigenvalue weighted by Crippen LogP contribution is 2.17. The highest BCUT2D eigenvalue weighted by Gasteiger charge is 2.16. The van der Waals surface area contributed by atoms with E-state index in [-0.39, 0.29) is 17.2 Å². The first kappa shape index (κ1) is 9.24. The van der Waals surface area contributed by atoms with Gasteiger partial charge in [0.25, 0.3) is 0 Å². The fourth-order valence-corrected chi connectivity index (χ4v) is 1.65. The first-order chi connectivity index (χ1) is 5.45. The maximum absolute atomic E-state index is 10.9. The summed E-state index contributed by atoms with van der Waals surface area (Å²) in [5.41, 5.74) is 5.25. The molecule has 0 radical (unpaired) electrons. The summed E-state index contributed by atoms with van der Waals surface area (Å²) in [6, 6.07) is 1.34. The van der Waals surface area contributed by atoms with Crippen LogP contribution in [-0.4, -0.2) is 8.42 Å². The average Bonchev–Trinajstić information content (AvgIpc) is 2.29. The topological polar surface area (TPSA) is 99.3 Å². The van der Waals surface area contributed by atoms with Crippen molar-refractivity contribution in [3.8, 4) is 0 Å². The third-order valence-electron chi connectivity index (χ3n) is 1.43. The van der Waals surface area contributed by atoms with Crippen molar-refractivity contribution >= 4 is 10.0 Å². The molecule has 0 bridgehead atoms. The summed E-state index contributed by atoms with van der Waals surface area (Å²) in [5, 5.41) is 4.90. The minimum Gasteiger partial charge on any atom is -0.464 e. The first-order valence-electron chi connectivity index (χ1n) is 3.27. The molecule has 0 atom stereocenters. The Balaban J connectivity index is 3.27. The predicted molar refractivity (Wildman–Crippen MR) is 42.7 cm³/mol. The molecule has 1 aromatic rings. The third kappa shape index (κ3) is 1.66. The molecule has 0 unspecified atom stereocenters. The molecular weight excluding hydrogens is 180 g/mol. The van der Waals surface area contributed by atoms with Crippen LogP contribution in [0.2, 0.25) is 0 Å². The molecular formula is C6H10N2O3S. The van der Waals surface area contributed by atoms with Gasteiger partial charge in [0.05, 0.1) is 6.54 Å². The van der Waals surface area contributed by atoms with Crippen LogP contribution in [0.4, 0.5) is 0 Å². The number of aryl methyl sites for hydroxylation is 1. The fraction of sp³-hybridized carbons (Fsp3) is 0.333. The van der Waals surface area contributed by atoms with E-state index in [2.05, 4.69) is 0 Å². The average molecular weight is 190 g/mol. The van der Waals surface area contributed by atoms with Gasteiger partial charge in [-0.15, -0.1) is 0 Å². The molecule has 5 nitrogen and oxygen atoms in total. The van der Waals surface area contributed by atoms with Crippen molar-refractivity contribution in [1.29, 1.82) is 0 Å². The van der Waals surface area contributed by atoms with E-state index in [0.717, 1.165) is 0 Å². The highest BCUT2D eigenvalue weighted by molar-refractivity contribution is 7.89. The van der Waals surface area contributed by atoms with Gasteiger partial charge in [0.15, 0.2) is 0 Å². The van der Waals surface area contributed by atoms with Crippen molar-refractivity contribution in [2.75, 3.05) is 0 Å². The Morgan fingerprint density at radius 2 is 2.17 bits per heavy atom. The zero-order valence-corrected chi connectivity index (χ0v) is 7.39.